The van der Waals surface area contributed by atoms with Gasteiger partial charge >= 0.3 is 0 Å². The molecule has 0 spiro atoms. The van der Waals surface area contributed by atoms with Gasteiger partial charge in [0.25, 0.3) is 5.22 Å². The number of ether oxygens (including phenoxy) is 2. The van der Waals surface area contributed by atoms with E-state index >= 15 is 0 Å². The Balaban J connectivity index is 1.37. The van der Waals surface area contributed by atoms with E-state index < -0.39 is 0 Å². The van der Waals surface area contributed by atoms with Gasteiger partial charge in [-0.25, -0.2) is 0 Å². The van der Waals surface area contributed by atoms with Gasteiger partial charge in [0.2, 0.25) is 5.89 Å². The highest BCUT2D eigenvalue weighted by atomic mass is 32.2. The fraction of sp³-hybridized carbons (Fsp3) is 0.120. The Labute approximate surface area is 189 Å². The van der Waals surface area contributed by atoms with Crippen LogP contribution < -0.4 is 9.47 Å². The zero-order valence-electron chi connectivity index (χ0n) is 17.6. The number of fused-ring (bicyclic) bond motifs is 1. The summed E-state index contributed by atoms with van der Waals surface area (Å²) in [6.07, 6.45) is 1.76. The molecule has 5 aromatic rings. The Morgan fingerprint density at radius 2 is 1.50 bits per heavy atom. The lowest BCUT2D eigenvalue weighted by atomic mass is 10.0. The van der Waals surface area contributed by atoms with Crippen LogP contribution in [-0.4, -0.2) is 24.4 Å². The maximum atomic E-state index is 5.91. The molecule has 5 rings (SSSR count). The molecule has 0 aliphatic carbocycles. The van der Waals surface area contributed by atoms with E-state index in [-0.39, 0.29) is 0 Å². The molecule has 32 heavy (non-hydrogen) atoms. The number of furan rings is 1. The first-order valence-electron chi connectivity index (χ1n) is 9.99. The number of rotatable bonds is 7. The molecule has 0 amide bonds. The molecular weight excluding hydrogens is 424 g/mol. The lowest BCUT2D eigenvalue weighted by Gasteiger charge is -2.02. The third-order valence-corrected chi connectivity index (χ3v) is 6.04. The average Bonchev–Trinajstić information content (AvgIpc) is 3.50. The lowest BCUT2D eigenvalue weighted by Crippen LogP contribution is -1.84. The number of hydrogen-bond donors (Lipinski definition) is 0. The summed E-state index contributed by atoms with van der Waals surface area (Å²) in [6, 6.07) is 21.7. The Bertz CT molecular complexity index is 1340. The SMILES string of the molecule is COc1ccc(CSc2nnc(-c3ccc4occ(-c5ccc(OC)cc5)c4c3)o2)cc1. The molecule has 0 bridgehead atoms. The van der Waals surface area contributed by atoms with Crippen LogP contribution in [0.3, 0.4) is 0 Å². The van der Waals surface area contributed by atoms with Crippen molar-refractivity contribution in [2.75, 3.05) is 14.2 Å². The molecular formula is C25H20N2O4S. The van der Waals surface area contributed by atoms with Gasteiger partial charge in [0, 0.05) is 22.3 Å². The highest BCUT2D eigenvalue weighted by molar-refractivity contribution is 7.98. The van der Waals surface area contributed by atoms with Crippen LogP contribution in [0, 0.1) is 0 Å². The summed E-state index contributed by atoms with van der Waals surface area (Å²) in [7, 11) is 3.31. The van der Waals surface area contributed by atoms with Gasteiger partial charge in [0.1, 0.15) is 17.1 Å². The maximum absolute atomic E-state index is 5.91. The Morgan fingerprint density at radius 3 is 2.22 bits per heavy atom. The average molecular weight is 445 g/mol. The minimum Gasteiger partial charge on any atom is -0.497 e. The number of nitrogens with zero attached hydrogens (tertiary/aromatic N) is 2. The molecule has 7 heteroatoms. The maximum Gasteiger partial charge on any atom is 0.277 e. The Hall–Kier alpha value is -3.71. The van der Waals surface area contributed by atoms with Crippen LogP contribution in [0.25, 0.3) is 33.6 Å². The standard InChI is InChI=1S/C25H20N2O4S/c1-28-19-8-3-16(4-9-19)15-32-25-27-26-24(31-25)18-7-12-23-21(13-18)22(14-30-23)17-5-10-20(29-2)11-6-17/h3-14H,15H2,1-2H3. The summed E-state index contributed by atoms with van der Waals surface area (Å²) in [4.78, 5) is 0. The fourth-order valence-electron chi connectivity index (χ4n) is 3.41. The summed E-state index contributed by atoms with van der Waals surface area (Å²) in [5.41, 5.74) is 4.84. The van der Waals surface area contributed by atoms with Crippen molar-refractivity contribution < 1.29 is 18.3 Å². The predicted molar refractivity (Wildman–Crippen MR) is 124 cm³/mol. The van der Waals surface area contributed by atoms with Gasteiger partial charge in [-0.15, -0.1) is 10.2 Å². The lowest BCUT2D eigenvalue weighted by molar-refractivity contribution is 0.414. The minimum absolute atomic E-state index is 0.478. The van der Waals surface area contributed by atoms with Crippen LogP contribution in [0.1, 0.15) is 5.56 Å². The number of benzene rings is 3. The Morgan fingerprint density at radius 1 is 0.812 bits per heavy atom. The zero-order valence-corrected chi connectivity index (χ0v) is 18.4. The van der Waals surface area contributed by atoms with Crippen molar-refractivity contribution in [1.29, 1.82) is 0 Å². The number of aromatic nitrogens is 2. The van der Waals surface area contributed by atoms with Crippen LogP contribution >= 0.6 is 11.8 Å². The molecule has 0 N–H and O–H groups in total. The highest BCUT2D eigenvalue weighted by Gasteiger charge is 2.14. The summed E-state index contributed by atoms with van der Waals surface area (Å²) in [5.74, 6) is 2.86. The topological polar surface area (TPSA) is 70.5 Å². The van der Waals surface area contributed by atoms with E-state index in [0.29, 0.717) is 11.1 Å². The van der Waals surface area contributed by atoms with Crippen molar-refractivity contribution in [1.82, 2.24) is 10.2 Å². The third kappa shape index (κ3) is 4.07. The summed E-state index contributed by atoms with van der Waals surface area (Å²) in [6.45, 7) is 0. The van der Waals surface area contributed by atoms with E-state index in [0.717, 1.165) is 50.5 Å². The predicted octanol–water partition coefficient (Wildman–Crippen LogP) is 6.46. The molecule has 0 radical (unpaired) electrons. The molecule has 0 aliphatic rings. The quantitative estimate of drug-likeness (QED) is 0.267. The summed E-state index contributed by atoms with van der Waals surface area (Å²) < 4.78 is 22.1. The zero-order chi connectivity index (χ0) is 21.9. The van der Waals surface area contributed by atoms with Gasteiger partial charge in [-0.3, -0.25) is 0 Å². The van der Waals surface area contributed by atoms with Gasteiger partial charge in [-0.1, -0.05) is 36.0 Å². The van der Waals surface area contributed by atoms with E-state index in [2.05, 4.69) is 10.2 Å². The second-order valence-electron chi connectivity index (χ2n) is 7.10. The van der Waals surface area contributed by atoms with E-state index in [1.165, 1.54) is 11.8 Å². The van der Waals surface area contributed by atoms with Crippen molar-refractivity contribution in [3.05, 3.63) is 78.6 Å². The molecule has 2 heterocycles. The largest absolute Gasteiger partial charge is 0.497 e. The van der Waals surface area contributed by atoms with Gasteiger partial charge in [0.05, 0.1) is 20.5 Å². The molecule has 6 nitrogen and oxygen atoms in total. The second kappa shape index (κ2) is 8.80. The Kier molecular flexibility index (Phi) is 5.56. The third-order valence-electron chi connectivity index (χ3n) is 5.15. The van der Waals surface area contributed by atoms with Crippen LogP contribution in [0.15, 0.2) is 87.1 Å². The van der Waals surface area contributed by atoms with Gasteiger partial charge in [-0.05, 0) is 53.6 Å². The van der Waals surface area contributed by atoms with Crippen LogP contribution in [-0.2, 0) is 5.75 Å². The normalized spacial score (nSPS) is 11.1. The molecule has 0 atom stereocenters. The van der Waals surface area contributed by atoms with Crippen molar-refractivity contribution >= 4 is 22.7 Å². The molecule has 0 unspecified atom stereocenters. The summed E-state index contributed by atoms with van der Waals surface area (Å²) in [5, 5.41) is 9.94. The van der Waals surface area contributed by atoms with E-state index in [4.69, 9.17) is 18.3 Å². The molecule has 3 aromatic carbocycles. The minimum atomic E-state index is 0.478. The first kappa shape index (κ1) is 20.2. The van der Waals surface area contributed by atoms with Gasteiger partial charge < -0.3 is 18.3 Å². The number of hydrogen-bond acceptors (Lipinski definition) is 7. The van der Waals surface area contributed by atoms with Crippen LogP contribution in [0.2, 0.25) is 0 Å². The van der Waals surface area contributed by atoms with Gasteiger partial charge in [0.15, 0.2) is 0 Å². The fourth-order valence-corrected chi connectivity index (χ4v) is 4.13. The van der Waals surface area contributed by atoms with Crippen molar-refractivity contribution in [2.45, 2.75) is 11.0 Å². The van der Waals surface area contributed by atoms with Crippen molar-refractivity contribution in [2.24, 2.45) is 0 Å². The molecule has 0 saturated heterocycles. The van der Waals surface area contributed by atoms with Crippen LogP contribution in [0.4, 0.5) is 0 Å². The van der Waals surface area contributed by atoms with Crippen molar-refractivity contribution in [3.63, 3.8) is 0 Å². The molecule has 160 valence electrons. The van der Waals surface area contributed by atoms with Crippen molar-refractivity contribution in [3.8, 4) is 34.1 Å². The number of methoxy groups -OCH3 is 2. The molecule has 0 saturated carbocycles. The van der Waals surface area contributed by atoms with E-state index in [1.807, 2.05) is 66.7 Å². The first-order chi connectivity index (χ1) is 15.7. The highest BCUT2D eigenvalue weighted by Crippen LogP contribution is 2.35. The van der Waals surface area contributed by atoms with Gasteiger partial charge in [-0.2, -0.15) is 0 Å². The summed E-state index contributed by atoms with van der Waals surface area (Å²) >= 11 is 1.50. The monoisotopic (exact) mass is 444 g/mol. The second-order valence-corrected chi connectivity index (χ2v) is 8.03. The van der Waals surface area contributed by atoms with Crippen LogP contribution in [0.5, 0.6) is 11.5 Å². The molecule has 0 aliphatic heterocycles. The smallest absolute Gasteiger partial charge is 0.277 e. The van der Waals surface area contributed by atoms with E-state index in [9.17, 15) is 0 Å². The number of thioether (sulfide) groups is 1. The first-order valence-corrected chi connectivity index (χ1v) is 11.0. The molecule has 2 aromatic heterocycles. The molecule has 0 fully saturated rings. The van der Waals surface area contributed by atoms with E-state index in [1.54, 1.807) is 20.5 Å².